The maximum absolute atomic E-state index is 12.7. The molecule has 0 atom stereocenters. The Labute approximate surface area is 187 Å². The molecule has 0 aromatic heterocycles. The molecular weight excluding hydrogens is 406 g/mol. The molecule has 0 aliphatic rings. The molecule has 0 radical (unpaired) electrons. The lowest BCUT2D eigenvalue weighted by atomic mass is 10.0. The van der Waals surface area contributed by atoms with E-state index in [1.165, 1.54) is 0 Å². The average Bonchev–Trinajstić information content (AvgIpc) is 2.76. The van der Waals surface area contributed by atoms with Gasteiger partial charge in [0.25, 0.3) is 5.91 Å². The summed E-state index contributed by atoms with van der Waals surface area (Å²) in [5.74, 6) is -0.314. The Balaban J connectivity index is 1.64. The number of carbonyl (C=O) groups excluding carboxylic acids is 2. The van der Waals surface area contributed by atoms with Crippen molar-refractivity contribution in [1.82, 2.24) is 4.90 Å². The Bertz CT molecular complexity index is 1080. The van der Waals surface area contributed by atoms with Crippen molar-refractivity contribution in [1.29, 1.82) is 0 Å². The van der Waals surface area contributed by atoms with Crippen LogP contribution in [0.1, 0.15) is 10.4 Å². The van der Waals surface area contributed by atoms with Gasteiger partial charge in [-0.2, -0.15) is 0 Å². The zero-order chi connectivity index (χ0) is 23.1. The van der Waals surface area contributed by atoms with Crippen LogP contribution in [0.4, 0.5) is 27.5 Å². The number of amides is 2. The van der Waals surface area contributed by atoms with E-state index in [0.717, 1.165) is 11.1 Å². The molecule has 0 fully saturated rings. The zero-order valence-corrected chi connectivity index (χ0v) is 18.1. The van der Waals surface area contributed by atoms with Gasteiger partial charge in [0.2, 0.25) is 0 Å². The highest BCUT2D eigenvalue weighted by molar-refractivity contribution is 6.06. The summed E-state index contributed by atoms with van der Waals surface area (Å²) in [6.45, 7) is 0.922. The molecule has 0 heterocycles. The number of nitrogens with two attached hydrogens (primary N) is 2. The van der Waals surface area contributed by atoms with Gasteiger partial charge in [-0.3, -0.25) is 10.1 Å². The molecule has 8 heteroatoms. The first-order chi connectivity index (χ1) is 15.3. The molecular formula is C24H27N5O3. The van der Waals surface area contributed by atoms with Crippen molar-refractivity contribution < 1.29 is 14.3 Å². The predicted octanol–water partition coefficient (Wildman–Crippen LogP) is 3.88. The van der Waals surface area contributed by atoms with E-state index in [1.807, 2.05) is 55.4 Å². The number of hydrogen-bond acceptors (Lipinski definition) is 6. The molecule has 0 unspecified atom stereocenters. The van der Waals surface area contributed by atoms with E-state index >= 15 is 0 Å². The minimum atomic E-state index is -0.545. The van der Waals surface area contributed by atoms with E-state index in [0.29, 0.717) is 34.9 Å². The fourth-order valence-electron chi connectivity index (χ4n) is 2.89. The number of anilines is 4. The molecule has 166 valence electrons. The SMILES string of the molecule is CN(C)CCOC(=O)Nc1ccc(C(=O)Nc2cc(-c3ccc(N)cc3)ccc2N)cc1. The van der Waals surface area contributed by atoms with Crippen molar-refractivity contribution in [2.75, 3.05) is 49.3 Å². The molecule has 3 rings (SSSR count). The van der Waals surface area contributed by atoms with Gasteiger partial charge in [-0.05, 0) is 73.8 Å². The largest absolute Gasteiger partial charge is 0.448 e. The number of rotatable bonds is 7. The molecule has 0 bridgehead atoms. The van der Waals surface area contributed by atoms with Crippen molar-refractivity contribution in [3.8, 4) is 11.1 Å². The van der Waals surface area contributed by atoms with Crippen LogP contribution in [0, 0.1) is 0 Å². The highest BCUT2D eigenvalue weighted by atomic mass is 16.5. The zero-order valence-electron chi connectivity index (χ0n) is 18.1. The number of nitrogen functional groups attached to an aromatic ring is 2. The summed E-state index contributed by atoms with van der Waals surface area (Å²) in [7, 11) is 3.79. The van der Waals surface area contributed by atoms with E-state index in [1.54, 1.807) is 30.3 Å². The normalized spacial score (nSPS) is 10.6. The minimum Gasteiger partial charge on any atom is -0.448 e. The molecule has 3 aromatic carbocycles. The lowest BCUT2D eigenvalue weighted by molar-refractivity contribution is 0.102. The van der Waals surface area contributed by atoms with Gasteiger partial charge in [-0.25, -0.2) is 4.79 Å². The third kappa shape index (κ3) is 6.23. The molecule has 0 aliphatic carbocycles. The number of nitrogens with one attached hydrogen (secondary N) is 2. The number of ether oxygens (including phenoxy) is 1. The Hall–Kier alpha value is -4.04. The summed E-state index contributed by atoms with van der Waals surface area (Å²) in [5, 5.41) is 5.47. The lowest BCUT2D eigenvalue weighted by Gasteiger charge is -2.12. The third-order valence-electron chi connectivity index (χ3n) is 4.71. The summed E-state index contributed by atoms with van der Waals surface area (Å²) < 4.78 is 5.09. The van der Waals surface area contributed by atoms with Crippen LogP contribution in [-0.4, -0.2) is 44.1 Å². The Kier molecular flexibility index (Phi) is 7.30. The average molecular weight is 434 g/mol. The molecule has 0 spiro atoms. The van der Waals surface area contributed by atoms with E-state index in [2.05, 4.69) is 10.6 Å². The fraction of sp³-hybridized carbons (Fsp3) is 0.167. The first kappa shape index (κ1) is 22.6. The molecule has 0 saturated heterocycles. The van der Waals surface area contributed by atoms with E-state index < -0.39 is 6.09 Å². The lowest BCUT2D eigenvalue weighted by Crippen LogP contribution is -2.22. The van der Waals surface area contributed by atoms with Gasteiger partial charge in [0.1, 0.15) is 6.61 Å². The summed E-state index contributed by atoms with van der Waals surface area (Å²) >= 11 is 0. The van der Waals surface area contributed by atoms with Crippen LogP contribution >= 0.6 is 0 Å². The number of likely N-dealkylation sites (N-methyl/N-ethyl adjacent to an activating group) is 1. The van der Waals surface area contributed by atoms with Crippen molar-refractivity contribution in [3.05, 3.63) is 72.3 Å². The monoisotopic (exact) mass is 433 g/mol. The van der Waals surface area contributed by atoms with E-state index in [4.69, 9.17) is 16.2 Å². The Morgan fingerprint density at radius 3 is 2.19 bits per heavy atom. The van der Waals surface area contributed by atoms with Crippen molar-refractivity contribution in [3.63, 3.8) is 0 Å². The van der Waals surface area contributed by atoms with Crippen LogP contribution in [0.5, 0.6) is 0 Å². The fourth-order valence-corrected chi connectivity index (χ4v) is 2.89. The molecule has 2 amide bonds. The second kappa shape index (κ2) is 10.3. The quantitative estimate of drug-likeness (QED) is 0.419. The summed E-state index contributed by atoms with van der Waals surface area (Å²) in [6, 6.07) is 19.4. The van der Waals surface area contributed by atoms with Crippen LogP contribution in [0.15, 0.2) is 66.7 Å². The van der Waals surface area contributed by atoms with Gasteiger partial charge >= 0.3 is 6.09 Å². The molecule has 0 aliphatic heterocycles. The summed E-state index contributed by atoms with van der Waals surface area (Å²) in [5.41, 5.74) is 16.3. The Morgan fingerprint density at radius 2 is 1.53 bits per heavy atom. The van der Waals surface area contributed by atoms with Crippen LogP contribution < -0.4 is 22.1 Å². The second-order valence-electron chi connectivity index (χ2n) is 7.52. The van der Waals surface area contributed by atoms with Crippen LogP contribution in [0.25, 0.3) is 11.1 Å². The molecule has 0 saturated carbocycles. The van der Waals surface area contributed by atoms with Crippen LogP contribution in [0.3, 0.4) is 0 Å². The Morgan fingerprint density at radius 1 is 0.875 bits per heavy atom. The smallest absolute Gasteiger partial charge is 0.411 e. The highest BCUT2D eigenvalue weighted by Crippen LogP contribution is 2.28. The van der Waals surface area contributed by atoms with Crippen LogP contribution in [0.2, 0.25) is 0 Å². The highest BCUT2D eigenvalue weighted by Gasteiger charge is 2.11. The first-order valence-corrected chi connectivity index (χ1v) is 10.1. The summed E-state index contributed by atoms with van der Waals surface area (Å²) in [4.78, 5) is 26.4. The number of carbonyl (C=O) groups is 2. The molecule has 8 nitrogen and oxygen atoms in total. The maximum atomic E-state index is 12.7. The molecule has 3 aromatic rings. The predicted molar refractivity (Wildman–Crippen MR) is 129 cm³/mol. The van der Waals surface area contributed by atoms with Crippen molar-refractivity contribution in [2.45, 2.75) is 0 Å². The van der Waals surface area contributed by atoms with E-state index in [9.17, 15) is 9.59 Å². The minimum absolute atomic E-state index is 0.288. The number of benzene rings is 3. The summed E-state index contributed by atoms with van der Waals surface area (Å²) in [6.07, 6.45) is -0.545. The number of hydrogen-bond donors (Lipinski definition) is 4. The third-order valence-corrected chi connectivity index (χ3v) is 4.71. The van der Waals surface area contributed by atoms with Crippen LogP contribution in [-0.2, 0) is 4.74 Å². The van der Waals surface area contributed by atoms with Crippen molar-refractivity contribution >= 4 is 34.7 Å². The molecule has 32 heavy (non-hydrogen) atoms. The molecule has 6 N–H and O–H groups in total. The first-order valence-electron chi connectivity index (χ1n) is 10.1. The maximum Gasteiger partial charge on any atom is 0.411 e. The topological polar surface area (TPSA) is 123 Å². The second-order valence-corrected chi connectivity index (χ2v) is 7.52. The van der Waals surface area contributed by atoms with Gasteiger partial charge in [-0.1, -0.05) is 18.2 Å². The van der Waals surface area contributed by atoms with Gasteiger partial charge < -0.3 is 26.4 Å². The van der Waals surface area contributed by atoms with Gasteiger partial charge in [0, 0.05) is 23.5 Å². The van der Waals surface area contributed by atoms with Gasteiger partial charge in [0.15, 0.2) is 0 Å². The number of nitrogens with zero attached hydrogens (tertiary/aromatic N) is 1. The standard InChI is InChI=1S/C24H27N5O3/c1-29(2)13-14-32-24(31)27-20-10-5-17(6-11-20)23(30)28-22-15-18(7-12-21(22)26)16-3-8-19(25)9-4-16/h3-12,15H,13-14,25-26H2,1-2H3,(H,27,31)(H,28,30). The van der Waals surface area contributed by atoms with Gasteiger partial charge in [0.05, 0.1) is 11.4 Å². The van der Waals surface area contributed by atoms with Gasteiger partial charge in [-0.15, -0.1) is 0 Å². The van der Waals surface area contributed by atoms with Crippen molar-refractivity contribution in [2.24, 2.45) is 0 Å². The van der Waals surface area contributed by atoms with E-state index in [-0.39, 0.29) is 12.5 Å².